The van der Waals surface area contributed by atoms with E-state index in [4.69, 9.17) is 10.5 Å². The fourth-order valence-corrected chi connectivity index (χ4v) is 3.38. The van der Waals surface area contributed by atoms with Gasteiger partial charge in [-0.25, -0.2) is 4.79 Å². The Balaban J connectivity index is 1.77. The molecule has 0 unspecified atom stereocenters. The van der Waals surface area contributed by atoms with Crippen molar-refractivity contribution in [2.75, 3.05) is 7.11 Å². The van der Waals surface area contributed by atoms with Crippen molar-refractivity contribution in [1.29, 1.82) is 0 Å². The van der Waals surface area contributed by atoms with Gasteiger partial charge >= 0.3 is 5.97 Å². The summed E-state index contributed by atoms with van der Waals surface area (Å²) in [5, 5.41) is 1.94. The summed E-state index contributed by atoms with van der Waals surface area (Å²) >= 11 is 0. The summed E-state index contributed by atoms with van der Waals surface area (Å²) in [6.07, 6.45) is 4.79. The Morgan fingerprint density at radius 1 is 1.07 bits per heavy atom. The first-order valence-corrected chi connectivity index (χ1v) is 8.70. The van der Waals surface area contributed by atoms with Gasteiger partial charge in [-0.15, -0.1) is 0 Å². The van der Waals surface area contributed by atoms with Crippen LogP contribution in [0.4, 0.5) is 0 Å². The molecule has 1 fully saturated rings. The molecule has 1 aromatic carbocycles. The molecule has 0 atom stereocenters. The fraction of sp³-hybridized carbons (Fsp3) is 0.238. The van der Waals surface area contributed by atoms with Crippen LogP contribution in [0.2, 0.25) is 0 Å². The number of rotatable bonds is 4. The zero-order valence-electron chi connectivity index (χ0n) is 15.2. The van der Waals surface area contributed by atoms with Gasteiger partial charge < -0.3 is 10.5 Å². The monoisotopic (exact) mass is 361 g/mol. The van der Waals surface area contributed by atoms with Gasteiger partial charge in [-0.3, -0.25) is 14.8 Å². The van der Waals surface area contributed by atoms with Crippen LogP contribution in [-0.2, 0) is 14.9 Å². The number of aromatic nitrogens is 2. The number of primary amides is 1. The number of pyridine rings is 2. The highest BCUT2D eigenvalue weighted by molar-refractivity contribution is 5.94. The second-order valence-corrected chi connectivity index (χ2v) is 6.93. The second kappa shape index (κ2) is 6.16. The van der Waals surface area contributed by atoms with Crippen LogP contribution in [0, 0.1) is 6.92 Å². The van der Waals surface area contributed by atoms with Crippen LogP contribution in [0.5, 0.6) is 0 Å². The maximum Gasteiger partial charge on any atom is 0.339 e. The molecular weight excluding hydrogens is 342 g/mol. The molecule has 1 saturated carbocycles. The number of fused-ring (bicyclic) bond motifs is 1. The van der Waals surface area contributed by atoms with E-state index in [0.29, 0.717) is 5.56 Å². The fourth-order valence-electron chi connectivity index (χ4n) is 3.38. The lowest BCUT2D eigenvalue weighted by molar-refractivity contribution is -0.120. The number of nitrogens with two attached hydrogens (primary N) is 1. The molecule has 0 bridgehead atoms. The van der Waals surface area contributed by atoms with Gasteiger partial charge in [-0.05, 0) is 48.9 Å². The Hall–Kier alpha value is -3.28. The number of ether oxygens (including phenoxy) is 1. The molecule has 4 rings (SSSR count). The molecule has 1 aliphatic carbocycles. The summed E-state index contributed by atoms with van der Waals surface area (Å²) in [5.74, 6) is -0.732. The minimum atomic E-state index is -0.595. The Morgan fingerprint density at radius 3 is 2.52 bits per heavy atom. The smallest absolute Gasteiger partial charge is 0.339 e. The van der Waals surface area contributed by atoms with Gasteiger partial charge in [0.05, 0.1) is 23.8 Å². The molecule has 1 aliphatic rings. The van der Waals surface area contributed by atoms with Crippen molar-refractivity contribution in [2.45, 2.75) is 25.2 Å². The van der Waals surface area contributed by atoms with Crippen LogP contribution in [0.3, 0.4) is 0 Å². The second-order valence-electron chi connectivity index (χ2n) is 6.93. The Labute approximate surface area is 156 Å². The first kappa shape index (κ1) is 17.1. The molecule has 27 heavy (non-hydrogen) atoms. The third kappa shape index (κ3) is 2.83. The van der Waals surface area contributed by atoms with Gasteiger partial charge in [-0.1, -0.05) is 12.1 Å². The highest BCUT2D eigenvalue weighted by Gasteiger charge is 2.51. The molecule has 3 aromatic rings. The minimum Gasteiger partial charge on any atom is -0.465 e. The average Bonchev–Trinajstić information content (AvgIpc) is 3.49. The molecule has 2 heterocycles. The van der Waals surface area contributed by atoms with Gasteiger partial charge in [0.25, 0.3) is 0 Å². The molecular formula is C21H19N3O3. The lowest BCUT2D eigenvalue weighted by atomic mass is 9.96. The number of benzene rings is 1. The first-order chi connectivity index (χ1) is 12.9. The van der Waals surface area contributed by atoms with E-state index < -0.39 is 11.4 Å². The first-order valence-electron chi connectivity index (χ1n) is 8.70. The van der Waals surface area contributed by atoms with Crippen molar-refractivity contribution in [1.82, 2.24) is 9.97 Å². The topological polar surface area (TPSA) is 95.2 Å². The summed E-state index contributed by atoms with van der Waals surface area (Å²) < 4.78 is 4.78. The van der Waals surface area contributed by atoms with Crippen LogP contribution >= 0.6 is 0 Å². The van der Waals surface area contributed by atoms with Crippen LogP contribution < -0.4 is 5.73 Å². The highest BCUT2D eigenvalue weighted by atomic mass is 16.5. The Morgan fingerprint density at radius 2 is 1.85 bits per heavy atom. The minimum absolute atomic E-state index is 0.313. The van der Waals surface area contributed by atoms with Crippen LogP contribution in [-0.4, -0.2) is 29.0 Å². The van der Waals surface area contributed by atoms with E-state index in [1.54, 1.807) is 12.3 Å². The molecule has 1 amide bonds. The lowest BCUT2D eigenvalue weighted by Crippen LogP contribution is -2.29. The average molecular weight is 361 g/mol. The lowest BCUT2D eigenvalue weighted by Gasteiger charge is -2.12. The van der Waals surface area contributed by atoms with E-state index >= 15 is 0 Å². The molecule has 6 heteroatoms. The highest BCUT2D eigenvalue weighted by Crippen LogP contribution is 2.47. The normalized spacial score (nSPS) is 14.7. The number of methoxy groups -OCH3 is 1. The van der Waals surface area contributed by atoms with Crippen molar-refractivity contribution < 1.29 is 14.3 Å². The van der Waals surface area contributed by atoms with Crippen molar-refractivity contribution >= 4 is 22.6 Å². The zero-order chi connectivity index (χ0) is 19.2. The Bertz CT molecular complexity index is 1090. The van der Waals surface area contributed by atoms with E-state index in [2.05, 4.69) is 9.97 Å². The van der Waals surface area contributed by atoms with E-state index in [9.17, 15) is 9.59 Å². The van der Waals surface area contributed by atoms with Gasteiger partial charge in [-0.2, -0.15) is 0 Å². The number of hydrogen-bond acceptors (Lipinski definition) is 5. The number of carbonyl (C=O) groups excluding carboxylic acids is 2. The Kier molecular flexibility index (Phi) is 3.91. The van der Waals surface area contributed by atoms with Gasteiger partial charge in [0.1, 0.15) is 0 Å². The predicted molar refractivity (Wildman–Crippen MR) is 101 cm³/mol. The van der Waals surface area contributed by atoms with Crippen molar-refractivity contribution in [3.8, 4) is 11.1 Å². The number of hydrogen-bond donors (Lipinski definition) is 1. The molecule has 2 aromatic heterocycles. The summed E-state index contributed by atoms with van der Waals surface area (Å²) in [4.78, 5) is 32.3. The maximum absolute atomic E-state index is 11.8. The maximum atomic E-state index is 11.8. The van der Waals surface area contributed by atoms with E-state index in [-0.39, 0.29) is 5.91 Å². The van der Waals surface area contributed by atoms with Crippen molar-refractivity contribution in [2.24, 2.45) is 5.73 Å². The van der Waals surface area contributed by atoms with Crippen LogP contribution in [0.25, 0.3) is 21.9 Å². The molecule has 0 radical (unpaired) electrons. The molecule has 0 aliphatic heterocycles. The SMILES string of the molecule is COC(=O)c1cnc(C)c(-c2ccc3cc(C4(C(N)=O)CC4)ncc3c2)c1. The number of amides is 1. The van der Waals surface area contributed by atoms with Crippen molar-refractivity contribution in [3.05, 3.63) is 59.7 Å². The van der Waals surface area contributed by atoms with E-state index in [0.717, 1.165) is 46.1 Å². The predicted octanol–water partition coefficient (Wildman–Crippen LogP) is 2.91. The molecule has 2 N–H and O–H groups in total. The third-order valence-corrected chi connectivity index (χ3v) is 5.25. The number of aryl methyl sites for hydroxylation is 1. The van der Waals surface area contributed by atoms with Crippen LogP contribution in [0.1, 0.15) is 34.6 Å². The third-order valence-electron chi connectivity index (χ3n) is 5.25. The van der Waals surface area contributed by atoms with Crippen molar-refractivity contribution in [3.63, 3.8) is 0 Å². The summed E-state index contributed by atoms with van der Waals surface area (Å²) in [6.45, 7) is 1.89. The number of nitrogens with zero attached hydrogens (tertiary/aromatic N) is 2. The van der Waals surface area contributed by atoms with Gasteiger partial charge in [0, 0.05) is 29.0 Å². The van der Waals surface area contributed by atoms with E-state index in [1.165, 1.54) is 13.3 Å². The zero-order valence-corrected chi connectivity index (χ0v) is 15.2. The summed E-state index contributed by atoms with van der Waals surface area (Å²) in [7, 11) is 1.35. The summed E-state index contributed by atoms with van der Waals surface area (Å²) in [5.41, 5.74) is 8.71. The molecule has 6 nitrogen and oxygen atoms in total. The molecule has 136 valence electrons. The number of carbonyl (C=O) groups is 2. The number of esters is 1. The van der Waals surface area contributed by atoms with Gasteiger partial charge in [0.2, 0.25) is 5.91 Å². The largest absolute Gasteiger partial charge is 0.465 e. The summed E-state index contributed by atoms with van der Waals surface area (Å²) in [6, 6.07) is 9.68. The standard InChI is InChI=1S/C21H19N3O3/c1-12-17(8-16(11-23-12)19(25)27-2)14-4-3-13-9-18(24-10-15(13)7-14)21(5-6-21)20(22)26/h3-4,7-11H,5-6H2,1-2H3,(H2,22,26). The molecule has 0 saturated heterocycles. The quantitative estimate of drug-likeness (QED) is 0.721. The van der Waals surface area contributed by atoms with Gasteiger partial charge in [0.15, 0.2) is 0 Å². The van der Waals surface area contributed by atoms with Crippen LogP contribution in [0.15, 0.2) is 42.7 Å². The molecule has 0 spiro atoms. The van der Waals surface area contributed by atoms with E-state index in [1.807, 2.05) is 31.2 Å².